The number of alkyl carbamates (subject to hydrolysis) is 3. The second-order valence-electron chi connectivity index (χ2n) is 25.2. The van der Waals surface area contributed by atoms with Crippen LogP contribution < -0.4 is 47.4 Å². The van der Waals surface area contributed by atoms with E-state index in [0.29, 0.717) is 33.9 Å². The SMILES string of the molecule is CC(C)(C)OC(=O)NC1CC2(C1)CC(Oc1cc(Br)ccc1C(N)=O)C2.CC(C)(C)OC(=O)NC1CC2(C1)CC(Oc1cc(Br)ccc1C(N)=O)C2.CC(C)(C)OC(=O)NC1CC2(C1)CC(Oc1cc(Br)ccc1C(N)=O)C2. The summed E-state index contributed by atoms with van der Waals surface area (Å²) in [7, 11) is 0. The molecule has 6 aliphatic rings. The van der Waals surface area contributed by atoms with Crippen molar-refractivity contribution < 1.29 is 57.2 Å². The number of hydrogen-bond donors (Lipinski definition) is 6. The Labute approximate surface area is 482 Å². The minimum atomic E-state index is -0.494. The fraction of sp³-hybridized carbons (Fsp3) is 0.579. The standard InChI is InChI=1S/3C19H25BrN2O4/c3*1-18(2,3)26-17(24)22-12-7-19(8-12)9-13(10-19)25-15-6-11(20)4-5-14(15)16(21)23/h3*4-6,12-13H,7-10H2,1-3H3,(H2,21,23)(H,22,24). The number of nitrogens with one attached hydrogen (secondary N) is 3. The van der Waals surface area contributed by atoms with Gasteiger partial charge in [-0.25, -0.2) is 14.4 Å². The Balaban J connectivity index is 0.000000170. The Kier molecular flexibility index (Phi) is 18.1. The summed E-state index contributed by atoms with van der Waals surface area (Å²) < 4.78 is 36.4. The van der Waals surface area contributed by atoms with E-state index in [1.54, 1.807) is 54.6 Å². The molecule has 9 rings (SSSR count). The van der Waals surface area contributed by atoms with Crippen molar-refractivity contribution in [2.45, 2.75) is 193 Å². The molecule has 21 heteroatoms. The molecule has 3 spiro atoms. The molecular weight excluding hydrogens is 1200 g/mol. The topological polar surface area (TPSA) is 272 Å². The van der Waals surface area contributed by atoms with Gasteiger partial charge in [-0.1, -0.05) is 47.8 Å². The van der Waals surface area contributed by atoms with Gasteiger partial charge in [0.2, 0.25) is 0 Å². The van der Waals surface area contributed by atoms with Gasteiger partial charge in [-0.3, -0.25) is 14.4 Å². The van der Waals surface area contributed by atoms with Gasteiger partial charge in [-0.2, -0.15) is 0 Å². The molecule has 0 aliphatic heterocycles. The molecule has 6 aliphatic carbocycles. The van der Waals surface area contributed by atoms with Crippen LogP contribution in [0.15, 0.2) is 68.0 Å². The summed E-state index contributed by atoms with van der Waals surface area (Å²) in [5.74, 6) is 0.0869. The summed E-state index contributed by atoms with van der Waals surface area (Å²) in [6.45, 7) is 16.7. The van der Waals surface area contributed by atoms with Crippen molar-refractivity contribution in [3.8, 4) is 17.2 Å². The third-order valence-electron chi connectivity index (χ3n) is 14.7. The second-order valence-corrected chi connectivity index (χ2v) is 28.0. The number of amides is 6. The summed E-state index contributed by atoms with van der Waals surface area (Å²) in [5, 5.41) is 8.77. The summed E-state index contributed by atoms with van der Waals surface area (Å²) in [4.78, 5) is 70.0. The van der Waals surface area contributed by atoms with Crippen molar-refractivity contribution >= 4 is 83.8 Å². The zero-order chi connectivity index (χ0) is 57.3. The smallest absolute Gasteiger partial charge is 0.407 e. The number of benzene rings is 3. The molecule has 6 amide bonds. The molecule has 0 radical (unpaired) electrons. The third kappa shape index (κ3) is 16.4. The van der Waals surface area contributed by atoms with Gasteiger partial charge in [0.15, 0.2) is 0 Å². The number of ether oxygens (including phenoxy) is 6. The highest BCUT2D eigenvalue weighted by Gasteiger charge is 2.57. The van der Waals surface area contributed by atoms with Crippen LogP contribution in [0.5, 0.6) is 17.2 Å². The van der Waals surface area contributed by atoms with E-state index < -0.39 is 34.5 Å². The molecule has 0 unspecified atom stereocenters. The maximum Gasteiger partial charge on any atom is 0.407 e. The molecule has 9 N–H and O–H groups in total. The van der Waals surface area contributed by atoms with Crippen LogP contribution >= 0.6 is 47.8 Å². The van der Waals surface area contributed by atoms with Crippen molar-refractivity contribution in [1.82, 2.24) is 16.0 Å². The fourth-order valence-corrected chi connectivity index (χ4v) is 12.6. The zero-order valence-corrected chi connectivity index (χ0v) is 50.7. The number of nitrogens with two attached hydrogens (primary N) is 3. The van der Waals surface area contributed by atoms with E-state index in [0.717, 1.165) is 90.5 Å². The Morgan fingerprint density at radius 2 is 0.628 bits per heavy atom. The first kappa shape index (κ1) is 60.4. The van der Waals surface area contributed by atoms with E-state index in [-0.39, 0.29) is 71.0 Å². The van der Waals surface area contributed by atoms with Crippen LogP contribution in [0.3, 0.4) is 0 Å². The molecule has 0 atom stereocenters. The Morgan fingerprint density at radius 3 is 0.821 bits per heavy atom. The second kappa shape index (κ2) is 23.4. The number of hydrogen-bond acceptors (Lipinski definition) is 12. The summed E-state index contributed by atoms with van der Waals surface area (Å²) in [5.41, 5.74) is 16.7. The first-order valence-electron chi connectivity index (χ1n) is 26.4. The lowest BCUT2D eigenvalue weighted by molar-refractivity contribution is -0.0860. The first-order valence-corrected chi connectivity index (χ1v) is 28.8. The fourth-order valence-electron chi connectivity index (χ4n) is 11.6. The highest BCUT2D eigenvalue weighted by molar-refractivity contribution is 9.11. The Hall–Kier alpha value is -5.28. The molecule has 18 nitrogen and oxygen atoms in total. The van der Waals surface area contributed by atoms with Gasteiger partial charge in [-0.15, -0.1) is 0 Å². The largest absolute Gasteiger partial charge is 0.490 e. The quantitative estimate of drug-likeness (QED) is 0.0924. The van der Waals surface area contributed by atoms with Crippen molar-refractivity contribution in [1.29, 1.82) is 0 Å². The van der Waals surface area contributed by atoms with Crippen LogP contribution in [-0.4, -0.2) is 89.2 Å². The number of halogens is 3. The van der Waals surface area contributed by atoms with Crippen LogP contribution in [0.1, 0.15) is 170 Å². The maximum atomic E-state index is 11.8. The molecule has 426 valence electrons. The van der Waals surface area contributed by atoms with Crippen LogP contribution in [0, 0.1) is 16.2 Å². The van der Waals surface area contributed by atoms with Crippen molar-refractivity contribution in [2.24, 2.45) is 33.4 Å². The number of rotatable bonds is 12. The molecule has 6 saturated carbocycles. The van der Waals surface area contributed by atoms with Gasteiger partial charge in [0, 0.05) is 31.5 Å². The monoisotopic (exact) mass is 1270 g/mol. The minimum absolute atomic E-state index is 0.0740. The van der Waals surface area contributed by atoms with Crippen LogP contribution in [0.4, 0.5) is 14.4 Å². The van der Waals surface area contributed by atoms with Crippen LogP contribution in [-0.2, 0) is 14.2 Å². The molecule has 0 bridgehead atoms. The molecule has 3 aromatic rings. The van der Waals surface area contributed by atoms with E-state index >= 15 is 0 Å². The van der Waals surface area contributed by atoms with Gasteiger partial charge < -0.3 is 61.6 Å². The van der Waals surface area contributed by atoms with Gasteiger partial charge in [0.25, 0.3) is 17.7 Å². The molecular formula is C57H75Br3N6O12. The summed E-state index contributed by atoms with van der Waals surface area (Å²) >= 11 is 10.2. The summed E-state index contributed by atoms with van der Waals surface area (Å²) in [6, 6.07) is 16.1. The molecule has 3 aromatic carbocycles. The third-order valence-corrected chi connectivity index (χ3v) is 16.2. The number of carbonyl (C=O) groups is 6. The van der Waals surface area contributed by atoms with Gasteiger partial charge in [-0.05, 0) is 210 Å². The predicted octanol–water partition coefficient (Wildman–Crippen LogP) is 11.3. The van der Waals surface area contributed by atoms with Gasteiger partial charge in [0.1, 0.15) is 34.1 Å². The van der Waals surface area contributed by atoms with Crippen molar-refractivity contribution in [3.63, 3.8) is 0 Å². The average Bonchev–Trinajstić information content (AvgIpc) is 3.20. The van der Waals surface area contributed by atoms with Gasteiger partial charge in [0.05, 0.1) is 35.0 Å². The molecule has 0 saturated heterocycles. The normalized spacial score (nSPS) is 27.2. The molecule has 0 aromatic heterocycles. The first-order chi connectivity index (χ1) is 36.2. The van der Waals surface area contributed by atoms with Gasteiger partial charge >= 0.3 is 18.3 Å². The Bertz CT molecular complexity index is 2440. The number of carbonyl (C=O) groups excluding carboxylic acids is 6. The van der Waals surface area contributed by atoms with E-state index in [4.69, 9.17) is 45.6 Å². The summed E-state index contributed by atoms with van der Waals surface area (Å²) in [6.07, 6.45) is 10.3. The Morgan fingerprint density at radius 1 is 0.410 bits per heavy atom. The van der Waals surface area contributed by atoms with Crippen molar-refractivity contribution in [2.75, 3.05) is 0 Å². The highest BCUT2D eigenvalue weighted by Crippen LogP contribution is 2.59. The molecule has 0 heterocycles. The zero-order valence-electron chi connectivity index (χ0n) is 45.9. The van der Waals surface area contributed by atoms with E-state index in [1.165, 1.54) is 0 Å². The van der Waals surface area contributed by atoms with Crippen LogP contribution in [0.2, 0.25) is 0 Å². The molecule has 78 heavy (non-hydrogen) atoms. The lowest BCUT2D eigenvalue weighted by atomic mass is 9.53. The van der Waals surface area contributed by atoms with Crippen LogP contribution in [0.25, 0.3) is 0 Å². The average molecular weight is 1280 g/mol. The lowest BCUT2D eigenvalue weighted by Gasteiger charge is -2.57. The number of primary amides is 3. The highest BCUT2D eigenvalue weighted by atomic mass is 79.9. The van der Waals surface area contributed by atoms with E-state index in [9.17, 15) is 28.8 Å². The molecule has 6 fully saturated rings. The van der Waals surface area contributed by atoms with Crippen molar-refractivity contribution in [3.05, 3.63) is 84.7 Å². The minimum Gasteiger partial charge on any atom is -0.490 e. The predicted molar refractivity (Wildman–Crippen MR) is 303 cm³/mol. The maximum absolute atomic E-state index is 11.8. The van der Waals surface area contributed by atoms with E-state index in [2.05, 4.69) is 63.7 Å². The van der Waals surface area contributed by atoms with E-state index in [1.807, 2.05) is 62.3 Å². The lowest BCUT2D eigenvalue weighted by Crippen LogP contribution is -2.59.